The Hall–Kier alpha value is -2.14. The van der Waals surface area contributed by atoms with Crippen LogP contribution in [0.1, 0.15) is 15.9 Å². The number of hydrogen-bond donors (Lipinski definition) is 2. The molecule has 1 amide bonds. The number of pyridine rings is 1. The van der Waals surface area contributed by atoms with Crippen molar-refractivity contribution in [3.05, 3.63) is 58.5 Å². The summed E-state index contributed by atoms with van der Waals surface area (Å²) in [6.07, 6.45) is 1.06. The summed E-state index contributed by atoms with van der Waals surface area (Å²) >= 11 is 5.86. The van der Waals surface area contributed by atoms with Gasteiger partial charge in [0.15, 0.2) is 0 Å². The zero-order chi connectivity index (χ0) is 14.5. The maximum absolute atomic E-state index is 13.2. The summed E-state index contributed by atoms with van der Waals surface area (Å²) in [6.45, 7) is 0.305. The van der Waals surface area contributed by atoms with Crippen molar-refractivity contribution < 1.29 is 9.18 Å². The molecule has 2 rings (SSSR count). The van der Waals surface area contributed by atoms with Crippen LogP contribution in [0.2, 0.25) is 5.02 Å². The predicted octanol–water partition coefficient (Wildman–Crippen LogP) is 2.85. The molecular weight excluding hydrogens is 281 g/mol. The Morgan fingerprint density at radius 3 is 2.90 bits per heavy atom. The van der Waals surface area contributed by atoms with Gasteiger partial charge in [0.25, 0.3) is 5.91 Å². The molecule has 0 saturated carbocycles. The van der Waals surface area contributed by atoms with E-state index in [9.17, 15) is 9.18 Å². The molecule has 0 aliphatic heterocycles. The number of amides is 1. The van der Waals surface area contributed by atoms with Gasteiger partial charge in [-0.2, -0.15) is 0 Å². The quantitative estimate of drug-likeness (QED) is 0.911. The van der Waals surface area contributed by atoms with E-state index in [1.165, 1.54) is 0 Å². The van der Waals surface area contributed by atoms with Crippen molar-refractivity contribution in [2.45, 2.75) is 6.54 Å². The lowest BCUT2D eigenvalue weighted by Crippen LogP contribution is -2.24. The molecule has 0 saturated heterocycles. The van der Waals surface area contributed by atoms with E-state index in [4.69, 9.17) is 11.6 Å². The fourth-order valence-electron chi connectivity index (χ4n) is 1.74. The van der Waals surface area contributed by atoms with Crippen molar-refractivity contribution in [1.82, 2.24) is 10.3 Å². The van der Waals surface area contributed by atoms with E-state index in [0.717, 1.165) is 17.8 Å². The van der Waals surface area contributed by atoms with Crippen LogP contribution < -0.4 is 10.6 Å². The van der Waals surface area contributed by atoms with Gasteiger partial charge in [-0.05, 0) is 23.8 Å². The molecule has 2 N–H and O–H groups in total. The van der Waals surface area contributed by atoms with E-state index in [-0.39, 0.29) is 5.56 Å². The SMILES string of the molecule is CNc1ncc(F)cc1C(=O)NCc1cccc(Cl)c1. The number of hydrogen-bond acceptors (Lipinski definition) is 3. The topological polar surface area (TPSA) is 54.0 Å². The van der Waals surface area contributed by atoms with Crippen LogP contribution in [0.15, 0.2) is 36.5 Å². The van der Waals surface area contributed by atoms with Crippen molar-refractivity contribution >= 4 is 23.3 Å². The van der Waals surface area contributed by atoms with E-state index in [0.29, 0.717) is 17.4 Å². The van der Waals surface area contributed by atoms with E-state index in [2.05, 4.69) is 15.6 Å². The van der Waals surface area contributed by atoms with Crippen LogP contribution in [0.4, 0.5) is 10.2 Å². The van der Waals surface area contributed by atoms with Crippen LogP contribution >= 0.6 is 11.6 Å². The van der Waals surface area contributed by atoms with Crippen LogP contribution in [0.25, 0.3) is 0 Å². The fraction of sp³-hybridized carbons (Fsp3) is 0.143. The lowest BCUT2D eigenvalue weighted by atomic mass is 10.2. The highest BCUT2D eigenvalue weighted by Gasteiger charge is 2.13. The maximum Gasteiger partial charge on any atom is 0.255 e. The smallest absolute Gasteiger partial charge is 0.255 e. The maximum atomic E-state index is 13.2. The molecule has 1 aromatic carbocycles. The molecule has 0 unspecified atom stereocenters. The van der Waals surface area contributed by atoms with Gasteiger partial charge in [0.05, 0.1) is 11.8 Å². The van der Waals surface area contributed by atoms with Crippen LogP contribution in [0, 0.1) is 5.82 Å². The summed E-state index contributed by atoms with van der Waals surface area (Å²) in [7, 11) is 1.62. The molecule has 0 atom stereocenters. The number of aromatic nitrogens is 1. The highest BCUT2D eigenvalue weighted by Crippen LogP contribution is 2.14. The highest BCUT2D eigenvalue weighted by atomic mass is 35.5. The van der Waals surface area contributed by atoms with Gasteiger partial charge in [-0.15, -0.1) is 0 Å². The number of carbonyl (C=O) groups is 1. The molecular formula is C14H13ClFN3O. The Morgan fingerprint density at radius 2 is 2.20 bits per heavy atom. The summed E-state index contributed by atoms with van der Waals surface area (Å²) in [4.78, 5) is 15.9. The zero-order valence-corrected chi connectivity index (χ0v) is 11.5. The van der Waals surface area contributed by atoms with Crippen molar-refractivity contribution in [3.8, 4) is 0 Å². The Labute approximate surface area is 121 Å². The zero-order valence-electron chi connectivity index (χ0n) is 10.8. The Morgan fingerprint density at radius 1 is 1.40 bits per heavy atom. The molecule has 104 valence electrons. The molecule has 2 aromatic rings. The predicted molar refractivity (Wildman–Crippen MR) is 76.4 cm³/mol. The molecule has 0 radical (unpaired) electrons. The third-order valence-corrected chi connectivity index (χ3v) is 2.91. The van der Waals surface area contributed by atoms with Crippen molar-refractivity contribution in [2.75, 3.05) is 12.4 Å². The molecule has 6 heteroatoms. The third-order valence-electron chi connectivity index (χ3n) is 2.68. The summed E-state index contributed by atoms with van der Waals surface area (Å²) in [5.41, 5.74) is 1.02. The summed E-state index contributed by atoms with van der Waals surface area (Å²) in [6, 6.07) is 8.29. The minimum Gasteiger partial charge on any atom is -0.372 e. The first kappa shape index (κ1) is 14.3. The second kappa shape index (κ2) is 6.34. The number of nitrogens with one attached hydrogen (secondary N) is 2. The molecule has 1 heterocycles. The average Bonchev–Trinajstić information content (AvgIpc) is 2.45. The largest absolute Gasteiger partial charge is 0.372 e. The molecule has 20 heavy (non-hydrogen) atoms. The summed E-state index contributed by atoms with van der Waals surface area (Å²) < 4.78 is 13.2. The number of nitrogens with zero attached hydrogens (tertiary/aromatic N) is 1. The van der Waals surface area contributed by atoms with E-state index >= 15 is 0 Å². The van der Waals surface area contributed by atoms with Gasteiger partial charge in [-0.25, -0.2) is 9.37 Å². The van der Waals surface area contributed by atoms with Crippen LogP contribution in [0.3, 0.4) is 0 Å². The molecule has 4 nitrogen and oxygen atoms in total. The van der Waals surface area contributed by atoms with Crippen molar-refractivity contribution in [1.29, 1.82) is 0 Å². The molecule has 0 spiro atoms. The van der Waals surface area contributed by atoms with Crippen LogP contribution in [0.5, 0.6) is 0 Å². The molecule has 0 fully saturated rings. The number of halogens is 2. The Bertz CT molecular complexity index is 634. The van der Waals surface area contributed by atoms with Gasteiger partial charge in [-0.1, -0.05) is 23.7 Å². The first-order valence-electron chi connectivity index (χ1n) is 5.96. The van der Waals surface area contributed by atoms with Gasteiger partial charge in [0.1, 0.15) is 11.6 Å². The highest BCUT2D eigenvalue weighted by molar-refractivity contribution is 6.30. The van der Waals surface area contributed by atoms with Gasteiger partial charge in [-0.3, -0.25) is 4.79 Å². The minimum atomic E-state index is -0.558. The molecule has 0 bridgehead atoms. The monoisotopic (exact) mass is 293 g/mol. The van der Waals surface area contributed by atoms with Crippen molar-refractivity contribution in [3.63, 3.8) is 0 Å². The van der Waals surface area contributed by atoms with Crippen LogP contribution in [-0.2, 0) is 6.54 Å². The molecule has 0 aliphatic carbocycles. The van der Waals surface area contributed by atoms with Gasteiger partial charge < -0.3 is 10.6 Å². The van der Waals surface area contributed by atoms with Gasteiger partial charge in [0.2, 0.25) is 0 Å². The van der Waals surface area contributed by atoms with Crippen molar-refractivity contribution in [2.24, 2.45) is 0 Å². The number of rotatable bonds is 4. The first-order chi connectivity index (χ1) is 9.60. The second-order valence-corrected chi connectivity index (χ2v) is 4.55. The summed E-state index contributed by atoms with van der Waals surface area (Å²) in [5.74, 6) is -0.631. The summed E-state index contributed by atoms with van der Waals surface area (Å²) in [5, 5.41) is 6.05. The average molecular weight is 294 g/mol. The number of carbonyl (C=O) groups excluding carboxylic acids is 1. The van der Waals surface area contributed by atoms with E-state index in [1.54, 1.807) is 25.2 Å². The van der Waals surface area contributed by atoms with Gasteiger partial charge in [0, 0.05) is 18.6 Å². The number of benzene rings is 1. The molecule has 0 aliphatic rings. The van der Waals surface area contributed by atoms with Crippen LogP contribution in [-0.4, -0.2) is 17.9 Å². The normalized spacial score (nSPS) is 10.2. The second-order valence-electron chi connectivity index (χ2n) is 4.11. The first-order valence-corrected chi connectivity index (χ1v) is 6.34. The Balaban J connectivity index is 2.10. The minimum absolute atomic E-state index is 0.162. The lowest BCUT2D eigenvalue weighted by Gasteiger charge is -2.09. The fourth-order valence-corrected chi connectivity index (χ4v) is 1.95. The number of anilines is 1. The standard InChI is InChI=1S/C14H13ClFN3O/c1-17-13-12(6-11(16)8-18-13)14(20)19-7-9-3-2-4-10(15)5-9/h2-6,8H,7H2,1H3,(H,17,18)(H,19,20). The van der Waals surface area contributed by atoms with Gasteiger partial charge >= 0.3 is 0 Å². The third kappa shape index (κ3) is 3.45. The van der Waals surface area contributed by atoms with E-state index < -0.39 is 11.7 Å². The van der Waals surface area contributed by atoms with E-state index in [1.807, 2.05) is 6.07 Å². The molecule has 1 aromatic heterocycles. The Kier molecular flexibility index (Phi) is 4.53. The lowest BCUT2D eigenvalue weighted by molar-refractivity contribution is 0.0951.